The molecule has 1 aliphatic heterocycles. The minimum absolute atomic E-state index is 0.126. The summed E-state index contributed by atoms with van der Waals surface area (Å²) >= 11 is 1.72. The second-order valence-corrected chi connectivity index (χ2v) is 7.44. The first kappa shape index (κ1) is 17.3. The highest BCUT2D eigenvalue weighted by Gasteiger charge is 2.24. The van der Waals surface area contributed by atoms with Crippen LogP contribution in [0.5, 0.6) is 0 Å². The highest BCUT2D eigenvalue weighted by Crippen LogP contribution is 2.30. The first-order valence-corrected chi connectivity index (χ1v) is 9.82. The largest absolute Gasteiger partial charge is 0.383 e. The topological polar surface area (TPSA) is 63.2 Å². The van der Waals surface area contributed by atoms with Gasteiger partial charge in [0.05, 0.1) is 28.6 Å². The van der Waals surface area contributed by atoms with Gasteiger partial charge < -0.3 is 15.0 Å². The van der Waals surface area contributed by atoms with E-state index in [-0.39, 0.29) is 6.04 Å². The maximum Gasteiger partial charge on any atom is 0.150 e. The second kappa shape index (κ2) is 8.07. The van der Waals surface area contributed by atoms with E-state index in [0.29, 0.717) is 12.6 Å². The summed E-state index contributed by atoms with van der Waals surface area (Å²) in [6.07, 6.45) is 5.65. The lowest BCUT2D eigenvalue weighted by atomic mass is 10.0. The van der Waals surface area contributed by atoms with Crippen LogP contribution in [0.4, 0.5) is 5.82 Å². The van der Waals surface area contributed by atoms with E-state index >= 15 is 0 Å². The van der Waals surface area contributed by atoms with Gasteiger partial charge in [-0.15, -0.1) is 11.3 Å². The Morgan fingerprint density at radius 3 is 2.88 bits per heavy atom. The van der Waals surface area contributed by atoms with Gasteiger partial charge in [-0.1, -0.05) is 6.07 Å². The first-order valence-electron chi connectivity index (χ1n) is 8.94. The molecule has 4 rings (SSSR count). The number of anilines is 1. The summed E-state index contributed by atoms with van der Waals surface area (Å²) in [4.78, 5) is 15.8. The van der Waals surface area contributed by atoms with Crippen molar-refractivity contribution in [2.45, 2.75) is 24.9 Å². The number of fused-ring (bicyclic) bond motifs is 1. The van der Waals surface area contributed by atoms with E-state index in [9.17, 15) is 0 Å². The third-order valence-electron chi connectivity index (χ3n) is 4.83. The Kier molecular flexibility index (Phi) is 5.38. The SMILES string of the molecule is COC[C@H](NC1CCN(c2ncnc3ccsc23)CC1)c1ccccn1. The Labute approximate surface area is 157 Å². The molecule has 1 saturated heterocycles. The number of aromatic nitrogens is 3. The van der Waals surface area contributed by atoms with Crippen LogP contribution in [0.1, 0.15) is 24.6 Å². The summed E-state index contributed by atoms with van der Waals surface area (Å²) < 4.78 is 6.59. The lowest BCUT2D eigenvalue weighted by molar-refractivity contribution is 0.156. The van der Waals surface area contributed by atoms with Crippen molar-refractivity contribution in [1.29, 1.82) is 0 Å². The van der Waals surface area contributed by atoms with Crippen molar-refractivity contribution < 1.29 is 4.74 Å². The molecular weight excluding hydrogens is 346 g/mol. The minimum Gasteiger partial charge on any atom is -0.383 e. The van der Waals surface area contributed by atoms with Gasteiger partial charge in [-0.2, -0.15) is 0 Å². The fourth-order valence-electron chi connectivity index (χ4n) is 3.51. The number of methoxy groups -OCH3 is 1. The average molecular weight is 369 g/mol. The molecule has 6 nitrogen and oxygen atoms in total. The highest BCUT2D eigenvalue weighted by atomic mass is 32.1. The number of rotatable bonds is 6. The number of nitrogens with one attached hydrogen (secondary N) is 1. The second-order valence-electron chi connectivity index (χ2n) is 6.52. The zero-order valence-electron chi connectivity index (χ0n) is 14.8. The number of piperidine rings is 1. The van der Waals surface area contributed by atoms with Crippen LogP contribution in [0.3, 0.4) is 0 Å². The van der Waals surface area contributed by atoms with Crippen molar-refractivity contribution >= 4 is 27.4 Å². The molecule has 1 fully saturated rings. The molecule has 26 heavy (non-hydrogen) atoms. The molecule has 1 aliphatic rings. The number of hydrogen-bond acceptors (Lipinski definition) is 7. The van der Waals surface area contributed by atoms with Crippen LogP contribution in [0.25, 0.3) is 10.2 Å². The van der Waals surface area contributed by atoms with Crippen LogP contribution in [0.15, 0.2) is 42.2 Å². The van der Waals surface area contributed by atoms with Gasteiger partial charge in [-0.05, 0) is 36.4 Å². The van der Waals surface area contributed by atoms with Gasteiger partial charge in [-0.3, -0.25) is 4.98 Å². The summed E-state index contributed by atoms with van der Waals surface area (Å²) in [5.74, 6) is 1.07. The van der Waals surface area contributed by atoms with Crippen LogP contribution in [-0.4, -0.2) is 47.8 Å². The van der Waals surface area contributed by atoms with Crippen molar-refractivity contribution in [2.24, 2.45) is 0 Å². The van der Waals surface area contributed by atoms with Crippen molar-refractivity contribution in [3.05, 3.63) is 47.9 Å². The van der Waals surface area contributed by atoms with Gasteiger partial charge in [0.1, 0.15) is 12.1 Å². The molecule has 0 amide bonds. The molecule has 4 heterocycles. The van der Waals surface area contributed by atoms with Crippen LogP contribution in [0.2, 0.25) is 0 Å². The Balaban J connectivity index is 1.41. The standard InChI is InChI=1S/C19H23N5OS/c1-25-12-17(15-4-2-3-8-20-15)23-14-5-9-24(10-6-14)19-18-16(7-11-26-18)21-13-22-19/h2-4,7-8,11,13-14,17,23H,5-6,9-10,12H2,1H3/t17-/m0/s1. The number of nitrogens with zero attached hydrogens (tertiary/aromatic N) is 4. The smallest absolute Gasteiger partial charge is 0.150 e. The molecule has 3 aromatic heterocycles. The third-order valence-corrected chi connectivity index (χ3v) is 5.73. The highest BCUT2D eigenvalue weighted by molar-refractivity contribution is 7.17. The Morgan fingerprint density at radius 1 is 1.23 bits per heavy atom. The predicted octanol–water partition coefficient (Wildman–Crippen LogP) is 3.03. The number of ether oxygens (including phenoxy) is 1. The fraction of sp³-hybridized carbons (Fsp3) is 0.421. The molecule has 0 bridgehead atoms. The van der Waals surface area contributed by atoms with E-state index in [0.717, 1.165) is 43.0 Å². The molecule has 0 unspecified atom stereocenters. The Bertz CT molecular complexity index is 832. The van der Waals surface area contributed by atoms with E-state index in [1.165, 1.54) is 4.70 Å². The van der Waals surface area contributed by atoms with E-state index in [1.54, 1.807) is 24.8 Å². The molecule has 1 N–H and O–H groups in total. The average Bonchev–Trinajstić information content (AvgIpc) is 3.18. The normalized spacial score (nSPS) is 16.9. The van der Waals surface area contributed by atoms with E-state index in [1.807, 2.05) is 18.3 Å². The zero-order valence-corrected chi connectivity index (χ0v) is 15.7. The molecule has 0 aliphatic carbocycles. The number of hydrogen-bond donors (Lipinski definition) is 1. The molecular formula is C19H23N5OS. The Hall–Kier alpha value is -2.09. The monoisotopic (exact) mass is 369 g/mol. The van der Waals surface area contributed by atoms with Gasteiger partial charge in [0.25, 0.3) is 0 Å². The first-order chi connectivity index (χ1) is 12.8. The van der Waals surface area contributed by atoms with E-state index < -0.39 is 0 Å². The molecule has 136 valence electrons. The van der Waals surface area contributed by atoms with Gasteiger partial charge in [0.2, 0.25) is 0 Å². The quantitative estimate of drug-likeness (QED) is 0.721. The number of pyridine rings is 1. The third kappa shape index (κ3) is 3.70. The minimum atomic E-state index is 0.126. The summed E-state index contributed by atoms with van der Waals surface area (Å²) in [6, 6.07) is 8.66. The number of thiophene rings is 1. The predicted molar refractivity (Wildman–Crippen MR) is 105 cm³/mol. The van der Waals surface area contributed by atoms with Crippen LogP contribution >= 0.6 is 11.3 Å². The molecule has 0 aromatic carbocycles. The Morgan fingerprint density at radius 2 is 2.12 bits per heavy atom. The lowest BCUT2D eigenvalue weighted by Crippen LogP contribution is -2.45. The molecule has 3 aromatic rings. The summed E-state index contributed by atoms with van der Waals surface area (Å²) in [5, 5.41) is 5.82. The zero-order chi connectivity index (χ0) is 17.8. The molecule has 0 spiro atoms. The summed E-state index contributed by atoms with van der Waals surface area (Å²) in [7, 11) is 1.74. The maximum atomic E-state index is 5.40. The molecule has 7 heteroatoms. The maximum absolute atomic E-state index is 5.40. The van der Waals surface area contributed by atoms with E-state index in [2.05, 4.69) is 42.7 Å². The molecule has 0 saturated carbocycles. The van der Waals surface area contributed by atoms with E-state index in [4.69, 9.17) is 4.74 Å². The van der Waals surface area contributed by atoms with Crippen LogP contribution in [0, 0.1) is 0 Å². The van der Waals surface area contributed by atoms with Crippen LogP contribution in [-0.2, 0) is 4.74 Å². The van der Waals surface area contributed by atoms with Gasteiger partial charge in [0.15, 0.2) is 0 Å². The van der Waals surface area contributed by atoms with Gasteiger partial charge >= 0.3 is 0 Å². The lowest BCUT2D eigenvalue weighted by Gasteiger charge is -2.35. The van der Waals surface area contributed by atoms with Crippen molar-refractivity contribution in [1.82, 2.24) is 20.3 Å². The molecule has 1 atom stereocenters. The summed E-state index contributed by atoms with van der Waals surface area (Å²) in [6.45, 7) is 2.60. The van der Waals surface area contributed by atoms with Crippen molar-refractivity contribution in [2.75, 3.05) is 31.7 Å². The van der Waals surface area contributed by atoms with Crippen LogP contribution < -0.4 is 10.2 Å². The fourth-order valence-corrected chi connectivity index (χ4v) is 4.37. The van der Waals surface area contributed by atoms with Gasteiger partial charge in [0, 0.05) is 32.4 Å². The summed E-state index contributed by atoms with van der Waals surface area (Å²) in [5.41, 5.74) is 2.07. The molecule has 0 radical (unpaired) electrons. The van der Waals surface area contributed by atoms with Gasteiger partial charge in [-0.25, -0.2) is 9.97 Å². The van der Waals surface area contributed by atoms with Crippen molar-refractivity contribution in [3.63, 3.8) is 0 Å². The van der Waals surface area contributed by atoms with Crippen molar-refractivity contribution in [3.8, 4) is 0 Å².